The van der Waals surface area contributed by atoms with Crippen molar-refractivity contribution in [3.8, 4) is 17.2 Å². The average Bonchev–Trinajstić information content (AvgIpc) is 2.88. The molecule has 41 heavy (non-hydrogen) atoms. The van der Waals surface area contributed by atoms with E-state index in [2.05, 4.69) is 14.4 Å². The summed E-state index contributed by atoms with van der Waals surface area (Å²) in [4.78, 5) is 2.23. The maximum absolute atomic E-state index is 12.7. The Morgan fingerprint density at radius 2 is 1.12 bits per heavy atom. The minimum Gasteiger partial charge on any atom is -0.491 e. The number of nitrogens with zero attached hydrogens (tertiary/aromatic N) is 1. The minimum absolute atomic E-state index is 0.0698. The highest BCUT2D eigenvalue weighted by molar-refractivity contribution is 5.42. The number of benzene rings is 3. The molecule has 0 radical (unpaired) electrons. The molecule has 0 unspecified atom stereocenters. The van der Waals surface area contributed by atoms with Crippen LogP contribution in [0.2, 0.25) is 0 Å². The van der Waals surface area contributed by atoms with Crippen LogP contribution in [0, 0.1) is 5.92 Å². The zero-order valence-corrected chi connectivity index (χ0v) is 22.5. The first-order valence-corrected chi connectivity index (χ1v) is 13.1. The first-order valence-electron chi connectivity index (χ1n) is 13.1. The van der Waals surface area contributed by atoms with Gasteiger partial charge < -0.3 is 19.3 Å². The van der Waals surface area contributed by atoms with Crippen LogP contribution in [0.5, 0.6) is 17.2 Å². The van der Waals surface area contributed by atoms with Gasteiger partial charge in [-0.1, -0.05) is 36.4 Å². The van der Waals surface area contributed by atoms with E-state index in [1.54, 1.807) is 0 Å². The van der Waals surface area contributed by atoms with Gasteiger partial charge in [-0.3, -0.25) is 4.90 Å². The second-order valence-electron chi connectivity index (χ2n) is 10.3. The van der Waals surface area contributed by atoms with E-state index in [4.69, 9.17) is 4.74 Å². The van der Waals surface area contributed by atoms with Crippen LogP contribution in [0.15, 0.2) is 72.8 Å². The van der Waals surface area contributed by atoms with Gasteiger partial charge in [0.15, 0.2) is 0 Å². The molecule has 4 rings (SSSR count). The predicted molar refractivity (Wildman–Crippen MR) is 139 cm³/mol. The Labute approximate surface area is 234 Å². The van der Waals surface area contributed by atoms with Crippen LogP contribution in [0.4, 0.5) is 26.3 Å². The average molecular weight is 584 g/mol. The topological polar surface area (TPSA) is 51.2 Å². The largest absolute Gasteiger partial charge is 0.573 e. The molecule has 3 aromatic carbocycles. The van der Waals surface area contributed by atoms with Gasteiger partial charge in [0, 0.05) is 6.54 Å². The van der Waals surface area contributed by atoms with E-state index < -0.39 is 29.8 Å². The Morgan fingerprint density at radius 1 is 0.707 bits per heavy atom. The number of alkyl halides is 6. The molecule has 5 nitrogen and oxygen atoms in total. The van der Waals surface area contributed by atoms with Crippen molar-refractivity contribution in [1.82, 2.24) is 4.90 Å². The van der Waals surface area contributed by atoms with E-state index in [9.17, 15) is 31.4 Å². The SMILES string of the molecule is CC(C)Oc1ccc(CN2CCC(C(O)(c3ccc(OC(F)(F)F)cc3)c3ccc(OC(F)(F)F)cc3)CC2)cc1. The number of hydrogen-bond donors (Lipinski definition) is 1. The van der Waals surface area contributed by atoms with Crippen molar-refractivity contribution >= 4 is 0 Å². The molecule has 1 N–H and O–H groups in total. The summed E-state index contributed by atoms with van der Waals surface area (Å²) in [5.41, 5.74) is 0.0110. The smallest absolute Gasteiger partial charge is 0.491 e. The summed E-state index contributed by atoms with van der Waals surface area (Å²) in [6.45, 7) is 5.84. The molecule has 1 heterocycles. The summed E-state index contributed by atoms with van der Waals surface area (Å²) in [6, 6.07) is 17.6. The zero-order valence-electron chi connectivity index (χ0n) is 22.5. The molecule has 1 aliphatic rings. The number of halogens is 6. The molecule has 1 fully saturated rings. The van der Waals surface area contributed by atoms with Crippen LogP contribution in [0.3, 0.4) is 0 Å². The molecule has 0 spiro atoms. The third-order valence-electron chi connectivity index (χ3n) is 6.94. The van der Waals surface area contributed by atoms with E-state index in [-0.39, 0.29) is 12.0 Å². The highest BCUT2D eigenvalue weighted by Crippen LogP contribution is 2.43. The van der Waals surface area contributed by atoms with Crippen molar-refractivity contribution < 1.29 is 45.7 Å². The van der Waals surface area contributed by atoms with Crippen molar-refractivity contribution in [2.24, 2.45) is 5.92 Å². The van der Waals surface area contributed by atoms with E-state index in [0.29, 0.717) is 43.6 Å². The molecule has 1 aliphatic heterocycles. The fourth-order valence-electron chi connectivity index (χ4n) is 5.17. The molecule has 0 aromatic heterocycles. The van der Waals surface area contributed by atoms with Gasteiger partial charge in [-0.25, -0.2) is 0 Å². The number of rotatable bonds is 9. The molecule has 3 aromatic rings. The van der Waals surface area contributed by atoms with Crippen LogP contribution in [0.25, 0.3) is 0 Å². The lowest BCUT2D eigenvalue weighted by molar-refractivity contribution is -0.275. The molecular formula is C30H31F6NO4. The van der Waals surface area contributed by atoms with Gasteiger partial charge >= 0.3 is 12.7 Å². The van der Waals surface area contributed by atoms with Crippen molar-refractivity contribution in [1.29, 1.82) is 0 Å². The molecular weight excluding hydrogens is 552 g/mol. The van der Waals surface area contributed by atoms with Gasteiger partial charge in [-0.15, -0.1) is 26.3 Å². The Morgan fingerprint density at radius 3 is 1.51 bits per heavy atom. The quantitative estimate of drug-likeness (QED) is 0.266. The van der Waals surface area contributed by atoms with Crippen molar-refractivity contribution in [2.75, 3.05) is 13.1 Å². The van der Waals surface area contributed by atoms with Crippen LogP contribution in [0.1, 0.15) is 43.4 Å². The number of piperidine rings is 1. The first-order chi connectivity index (χ1) is 19.2. The second kappa shape index (κ2) is 12.2. The van der Waals surface area contributed by atoms with E-state index in [1.165, 1.54) is 24.3 Å². The van der Waals surface area contributed by atoms with Gasteiger partial charge in [-0.05, 0) is 98.8 Å². The van der Waals surface area contributed by atoms with E-state index >= 15 is 0 Å². The summed E-state index contributed by atoms with van der Waals surface area (Å²) in [5, 5.41) is 12.1. The third-order valence-corrected chi connectivity index (χ3v) is 6.94. The lowest BCUT2D eigenvalue weighted by atomic mass is 9.72. The molecule has 0 saturated carbocycles. The first kappa shape index (κ1) is 30.5. The lowest BCUT2D eigenvalue weighted by Gasteiger charge is -2.42. The van der Waals surface area contributed by atoms with E-state index in [1.807, 2.05) is 38.1 Å². The summed E-state index contributed by atoms with van der Waals surface area (Å²) >= 11 is 0. The summed E-state index contributed by atoms with van der Waals surface area (Å²) in [7, 11) is 0. The van der Waals surface area contributed by atoms with Crippen LogP contribution < -0.4 is 14.2 Å². The monoisotopic (exact) mass is 583 g/mol. The fourth-order valence-corrected chi connectivity index (χ4v) is 5.17. The number of ether oxygens (including phenoxy) is 3. The minimum atomic E-state index is -4.87. The summed E-state index contributed by atoms with van der Waals surface area (Å²) < 4.78 is 89.7. The number of likely N-dealkylation sites (tertiary alicyclic amines) is 1. The predicted octanol–water partition coefficient (Wildman–Crippen LogP) is 7.42. The van der Waals surface area contributed by atoms with Gasteiger partial charge in [0.2, 0.25) is 0 Å². The van der Waals surface area contributed by atoms with Crippen LogP contribution in [-0.2, 0) is 12.1 Å². The Hall–Kier alpha value is -3.44. The highest BCUT2D eigenvalue weighted by atomic mass is 19.4. The molecule has 1 saturated heterocycles. The summed E-state index contributed by atoms with van der Waals surface area (Å²) in [5.74, 6) is -0.482. The second-order valence-corrected chi connectivity index (χ2v) is 10.3. The maximum atomic E-state index is 12.7. The van der Waals surface area contributed by atoms with Crippen molar-refractivity contribution in [3.63, 3.8) is 0 Å². The van der Waals surface area contributed by atoms with Gasteiger partial charge in [0.25, 0.3) is 0 Å². The molecule has 0 aliphatic carbocycles. The highest BCUT2D eigenvalue weighted by Gasteiger charge is 2.42. The lowest BCUT2D eigenvalue weighted by Crippen LogP contribution is -2.44. The van der Waals surface area contributed by atoms with E-state index in [0.717, 1.165) is 35.6 Å². The zero-order chi connectivity index (χ0) is 29.8. The number of hydrogen-bond acceptors (Lipinski definition) is 5. The third kappa shape index (κ3) is 8.29. The standard InChI is InChI=1S/C30H31F6NO4/c1-20(2)39-25-9-3-21(4-10-25)19-37-17-15-24(16-18-37)28(38,22-5-11-26(12-6-22)40-29(31,32)33)23-7-13-27(14-8-23)41-30(34,35)36/h3-14,20,24,38H,15-19H2,1-2H3. The fraction of sp³-hybridized carbons (Fsp3) is 0.400. The molecule has 222 valence electrons. The summed E-state index contributed by atoms with van der Waals surface area (Å²) in [6.07, 6.45) is -8.61. The molecule has 0 bridgehead atoms. The number of aliphatic hydroxyl groups is 1. The van der Waals surface area contributed by atoms with Gasteiger partial charge in [0.1, 0.15) is 22.8 Å². The van der Waals surface area contributed by atoms with Gasteiger partial charge in [0.05, 0.1) is 6.10 Å². The van der Waals surface area contributed by atoms with Crippen molar-refractivity contribution in [2.45, 2.75) is 57.7 Å². The Bertz CT molecular complexity index is 1190. The van der Waals surface area contributed by atoms with Crippen LogP contribution in [-0.4, -0.2) is 41.9 Å². The Balaban J connectivity index is 1.53. The van der Waals surface area contributed by atoms with Crippen molar-refractivity contribution in [3.05, 3.63) is 89.5 Å². The maximum Gasteiger partial charge on any atom is 0.573 e. The molecule has 0 atom stereocenters. The molecule has 0 amide bonds. The van der Waals surface area contributed by atoms with Crippen LogP contribution >= 0.6 is 0 Å². The van der Waals surface area contributed by atoms with Gasteiger partial charge in [-0.2, -0.15) is 0 Å². The Kier molecular flexibility index (Phi) is 9.08. The molecule has 11 heteroatoms. The normalized spacial score (nSPS) is 15.7.